The number of carboxylic acid groups (broad SMARTS) is 1. The van der Waals surface area contributed by atoms with E-state index in [1.807, 2.05) is 56.1 Å². The van der Waals surface area contributed by atoms with Crippen molar-refractivity contribution in [2.24, 2.45) is 0 Å². The van der Waals surface area contributed by atoms with E-state index in [4.69, 9.17) is 4.84 Å². The third-order valence-corrected chi connectivity index (χ3v) is 11.9. The van der Waals surface area contributed by atoms with E-state index >= 15 is 0 Å². The van der Waals surface area contributed by atoms with Gasteiger partial charge in [0.15, 0.2) is 6.17 Å². The predicted molar refractivity (Wildman–Crippen MR) is 138 cm³/mol. The zero-order chi connectivity index (χ0) is 26.6. The Morgan fingerprint density at radius 1 is 1.14 bits per heavy atom. The van der Waals surface area contributed by atoms with Gasteiger partial charge in [0.2, 0.25) is 5.91 Å². The van der Waals surface area contributed by atoms with Crippen LogP contribution in [0.3, 0.4) is 0 Å². The van der Waals surface area contributed by atoms with Crippen molar-refractivity contribution in [3.63, 3.8) is 0 Å². The minimum absolute atomic E-state index is 0.0392. The smallest absolute Gasteiger partial charge is 0.408 e. The van der Waals surface area contributed by atoms with Crippen molar-refractivity contribution in [2.45, 2.75) is 89.4 Å². The molecule has 1 aliphatic carbocycles. The third-order valence-electron chi connectivity index (χ3n) is 8.33. The largest absolute Gasteiger partial charge is 0.465 e. The van der Waals surface area contributed by atoms with Crippen LogP contribution in [0.5, 0.6) is 0 Å². The van der Waals surface area contributed by atoms with Gasteiger partial charge in [-0.2, -0.15) is 0 Å². The van der Waals surface area contributed by atoms with E-state index in [2.05, 4.69) is 25.0 Å². The molecule has 1 aromatic carbocycles. The Morgan fingerprint density at radius 2 is 1.75 bits per heavy atom. The van der Waals surface area contributed by atoms with Crippen LogP contribution in [0.4, 0.5) is 4.79 Å². The fraction of sp³-hybridized carbons (Fsp3) is 0.577. The number of hydrogen-bond acceptors (Lipinski definition) is 6. The monoisotopic (exact) mass is 514 g/mol. The lowest BCUT2D eigenvalue weighted by molar-refractivity contribution is -0.277. The van der Waals surface area contributed by atoms with Gasteiger partial charge in [-0.1, -0.05) is 56.4 Å². The van der Waals surface area contributed by atoms with Gasteiger partial charge in [-0.15, -0.1) is 0 Å². The summed E-state index contributed by atoms with van der Waals surface area (Å²) in [5.74, 6) is -0.556. The minimum Gasteiger partial charge on any atom is -0.465 e. The van der Waals surface area contributed by atoms with E-state index in [0.717, 1.165) is 36.1 Å². The third kappa shape index (κ3) is 4.00. The second-order valence-corrected chi connectivity index (χ2v) is 17.1. The van der Waals surface area contributed by atoms with Crippen LogP contribution >= 0.6 is 0 Å². The molecule has 1 aromatic rings. The normalized spacial score (nSPS) is 23.7. The number of carbonyl (C=O) groups is 3. The van der Waals surface area contributed by atoms with Crippen molar-refractivity contribution in [3.05, 3.63) is 47.2 Å². The van der Waals surface area contributed by atoms with Crippen LogP contribution in [0, 0.1) is 0 Å². The molecule has 0 aromatic heterocycles. The van der Waals surface area contributed by atoms with Crippen LogP contribution in [0.15, 0.2) is 41.6 Å². The van der Waals surface area contributed by atoms with E-state index in [0.29, 0.717) is 0 Å². The second-order valence-electron chi connectivity index (χ2n) is 11.7. The maximum Gasteiger partial charge on any atom is 0.408 e. The molecule has 2 aliphatic heterocycles. The number of nitrogens with zero attached hydrogens (tertiary/aromatic N) is 3. The topological polar surface area (TPSA) is 102 Å². The predicted octanol–water partition coefficient (Wildman–Crippen LogP) is 4.49. The number of hydrogen-bond donors (Lipinski definition) is 2. The maximum absolute atomic E-state index is 13.9. The molecule has 9 nitrogen and oxygen atoms in total. The number of carbonyl (C=O) groups excluding carboxylic acids is 2. The molecule has 2 heterocycles. The SMILES string of the molecule is CC(=O)ON1[C@H](NC(=O)C2([Si](C)(C)C)CCC2)C2=C(N1C(C)c1ccccc1)C(C)(C)N(C(=O)O)C2. The van der Waals surface area contributed by atoms with Crippen LogP contribution < -0.4 is 5.32 Å². The lowest BCUT2D eigenvalue weighted by atomic mass is 9.83. The summed E-state index contributed by atoms with van der Waals surface area (Å²) in [4.78, 5) is 45.5. The summed E-state index contributed by atoms with van der Waals surface area (Å²) in [7, 11) is -1.87. The highest BCUT2D eigenvalue weighted by molar-refractivity contribution is 6.82. The van der Waals surface area contributed by atoms with Gasteiger partial charge < -0.3 is 15.3 Å². The number of amides is 2. The second kappa shape index (κ2) is 8.91. The van der Waals surface area contributed by atoms with Gasteiger partial charge in [-0.3, -0.25) is 19.5 Å². The maximum atomic E-state index is 13.9. The molecule has 2 atom stereocenters. The molecular weight excluding hydrogens is 476 g/mol. The molecule has 4 rings (SSSR count). The summed E-state index contributed by atoms with van der Waals surface area (Å²) < 4.78 is 0. The fourth-order valence-corrected chi connectivity index (χ4v) is 8.60. The molecule has 3 aliphatic rings. The Morgan fingerprint density at radius 3 is 2.22 bits per heavy atom. The highest BCUT2D eigenvalue weighted by Crippen LogP contribution is 2.56. The number of rotatable bonds is 6. The van der Waals surface area contributed by atoms with Gasteiger partial charge in [0.05, 0.1) is 31.9 Å². The first kappa shape index (κ1) is 26.2. The summed E-state index contributed by atoms with van der Waals surface area (Å²) in [5, 5.41) is 16.1. The molecule has 2 amide bonds. The van der Waals surface area contributed by atoms with E-state index in [1.165, 1.54) is 17.0 Å². The average molecular weight is 515 g/mol. The van der Waals surface area contributed by atoms with Crippen LogP contribution in [-0.4, -0.2) is 64.5 Å². The van der Waals surface area contributed by atoms with Crippen molar-refractivity contribution >= 4 is 26.0 Å². The Balaban J connectivity index is 1.81. The van der Waals surface area contributed by atoms with E-state index in [9.17, 15) is 19.5 Å². The zero-order valence-electron chi connectivity index (χ0n) is 22.3. The highest BCUT2D eigenvalue weighted by atomic mass is 28.3. The molecular formula is C26H38N4O5Si. The summed E-state index contributed by atoms with van der Waals surface area (Å²) >= 11 is 0. The summed E-state index contributed by atoms with van der Waals surface area (Å²) in [6, 6.07) is 9.47. The zero-order valence-corrected chi connectivity index (χ0v) is 23.3. The summed E-state index contributed by atoms with van der Waals surface area (Å²) in [5.41, 5.74) is 1.51. The number of nitrogens with one attached hydrogen (secondary N) is 1. The van der Waals surface area contributed by atoms with Crippen LogP contribution in [0.25, 0.3) is 0 Å². The number of benzene rings is 1. The van der Waals surface area contributed by atoms with Gasteiger partial charge in [-0.05, 0) is 44.3 Å². The van der Waals surface area contributed by atoms with Crippen molar-refractivity contribution < 1.29 is 24.3 Å². The molecule has 0 spiro atoms. The van der Waals surface area contributed by atoms with E-state index in [1.54, 1.807) is 0 Å². The minimum atomic E-state index is -1.87. The first-order valence-corrected chi connectivity index (χ1v) is 16.1. The Hall–Kier alpha value is -2.85. The van der Waals surface area contributed by atoms with Crippen molar-refractivity contribution in [1.82, 2.24) is 20.4 Å². The molecule has 1 unspecified atom stereocenters. The Labute approximate surface area is 214 Å². The molecule has 2 N–H and O–H groups in total. The van der Waals surface area contributed by atoms with E-state index < -0.39 is 36.9 Å². The summed E-state index contributed by atoms with van der Waals surface area (Å²) in [6.45, 7) is 13.8. The van der Waals surface area contributed by atoms with Crippen molar-refractivity contribution in [3.8, 4) is 0 Å². The van der Waals surface area contributed by atoms with Crippen molar-refractivity contribution in [1.29, 1.82) is 0 Å². The molecule has 0 saturated heterocycles. The molecule has 36 heavy (non-hydrogen) atoms. The fourth-order valence-electron chi connectivity index (χ4n) is 5.99. The quantitative estimate of drug-likeness (QED) is 0.539. The van der Waals surface area contributed by atoms with E-state index in [-0.39, 0.29) is 18.5 Å². The number of hydrazine groups is 1. The van der Waals surface area contributed by atoms with Crippen LogP contribution in [-0.2, 0) is 14.4 Å². The molecule has 1 fully saturated rings. The molecule has 10 heteroatoms. The standard InChI is InChI=1S/C26H38N4O5Si/c1-17(19-12-9-8-10-13-19)29-21-20(16-28(24(33)34)25(21,3)4)22(30(29)35-18(2)31)27-23(32)26(14-11-15-26)36(5,6)7/h8-10,12-13,17,22H,11,14-16H2,1-7H3,(H,27,32)(H,33,34)/t17?,22-/m0/s1. The summed E-state index contributed by atoms with van der Waals surface area (Å²) in [6.07, 6.45) is 0.874. The Bertz CT molecular complexity index is 1090. The van der Waals surface area contributed by atoms with Crippen LogP contribution in [0.2, 0.25) is 24.7 Å². The number of hydroxylamine groups is 1. The average Bonchev–Trinajstić information content (AvgIpc) is 3.17. The van der Waals surface area contributed by atoms with Gasteiger partial charge in [0, 0.05) is 17.5 Å². The lowest BCUT2D eigenvalue weighted by Crippen LogP contribution is -2.61. The molecule has 0 bridgehead atoms. The van der Waals surface area contributed by atoms with Crippen molar-refractivity contribution in [2.75, 3.05) is 6.54 Å². The highest BCUT2D eigenvalue weighted by Gasteiger charge is 2.59. The van der Waals surface area contributed by atoms with Gasteiger partial charge in [-0.25, -0.2) is 4.79 Å². The van der Waals surface area contributed by atoms with Gasteiger partial charge >= 0.3 is 12.1 Å². The Kier molecular flexibility index (Phi) is 6.49. The van der Waals surface area contributed by atoms with Gasteiger partial charge in [0.25, 0.3) is 0 Å². The first-order valence-electron chi connectivity index (χ1n) is 12.6. The van der Waals surface area contributed by atoms with Crippen LogP contribution in [0.1, 0.15) is 58.6 Å². The molecule has 0 radical (unpaired) electrons. The molecule has 196 valence electrons. The lowest BCUT2D eigenvalue weighted by Gasteiger charge is -2.50. The molecule has 1 saturated carbocycles. The first-order chi connectivity index (χ1) is 16.7. The van der Waals surface area contributed by atoms with Gasteiger partial charge in [0.1, 0.15) is 0 Å².